The summed E-state index contributed by atoms with van der Waals surface area (Å²) in [6.07, 6.45) is 3.64. The van der Waals surface area contributed by atoms with Crippen molar-refractivity contribution in [2.45, 2.75) is 25.4 Å². The van der Waals surface area contributed by atoms with Crippen molar-refractivity contribution in [3.05, 3.63) is 23.4 Å². The maximum Gasteiger partial charge on any atom is 0.388 e. The van der Waals surface area contributed by atoms with Gasteiger partial charge in [-0.15, -0.1) is 0 Å². The summed E-state index contributed by atoms with van der Waals surface area (Å²) in [5.74, 6) is 0.141. The smallest absolute Gasteiger partial charge is 0.388 e. The van der Waals surface area contributed by atoms with Crippen molar-refractivity contribution >= 4 is 0 Å². The Kier molecular flexibility index (Phi) is 2.50. The molecule has 0 aromatic carbocycles. The standard InChI is InChI=1S/C10H8F2N2O/c11-10(12)15-9-7(4-13)3-8(5-14-9)6-1-2-6/h3,5-6,10H,1-2H2. The van der Waals surface area contributed by atoms with E-state index in [9.17, 15) is 8.78 Å². The number of hydrogen-bond acceptors (Lipinski definition) is 3. The number of nitriles is 1. The lowest BCUT2D eigenvalue weighted by Gasteiger charge is -2.06. The minimum Gasteiger partial charge on any atom is -0.415 e. The van der Waals surface area contributed by atoms with Gasteiger partial charge in [-0.1, -0.05) is 0 Å². The van der Waals surface area contributed by atoms with Gasteiger partial charge in [0.15, 0.2) is 0 Å². The largest absolute Gasteiger partial charge is 0.415 e. The maximum atomic E-state index is 11.9. The molecule has 1 aromatic rings. The first kappa shape index (κ1) is 9.84. The van der Waals surface area contributed by atoms with Crippen molar-refractivity contribution in [1.82, 2.24) is 4.98 Å². The molecule has 1 saturated carbocycles. The van der Waals surface area contributed by atoms with Gasteiger partial charge in [-0.25, -0.2) is 4.98 Å². The summed E-state index contributed by atoms with van der Waals surface area (Å²) < 4.78 is 28.0. The molecule has 0 spiro atoms. The minimum absolute atomic E-state index is 0.0692. The monoisotopic (exact) mass is 210 g/mol. The van der Waals surface area contributed by atoms with Gasteiger partial charge in [0.1, 0.15) is 11.6 Å². The molecule has 0 N–H and O–H groups in total. The van der Waals surface area contributed by atoms with E-state index in [1.807, 2.05) is 0 Å². The Morgan fingerprint density at radius 1 is 1.53 bits per heavy atom. The van der Waals surface area contributed by atoms with E-state index >= 15 is 0 Å². The molecule has 15 heavy (non-hydrogen) atoms. The summed E-state index contributed by atoms with van der Waals surface area (Å²) in [6.45, 7) is -2.95. The van der Waals surface area contributed by atoms with E-state index in [2.05, 4.69) is 9.72 Å². The van der Waals surface area contributed by atoms with Crippen LogP contribution in [0.3, 0.4) is 0 Å². The fourth-order valence-electron chi connectivity index (χ4n) is 1.37. The van der Waals surface area contributed by atoms with Crippen LogP contribution in [-0.2, 0) is 0 Å². The quantitative estimate of drug-likeness (QED) is 0.769. The number of ether oxygens (including phenoxy) is 1. The van der Waals surface area contributed by atoms with Crippen LogP contribution in [0.15, 0.2) is 12.3 Å². The highest BCUT2D eigenvalue weighted by atomic mass is 19.3. The van der Waals surface area contributed by atoms with Crippen LogP contribution in [0.4, 0.5) is 8.78 Å². The second-order valence-corrected chi connectivity index (χ2v) is 3.39. The van der Waals surface area contributed by atoms with Crippen molar-refractivity contribution in [1.29, 1.82) is 5.26 Å². The molecular weight excluding hydrogens is 202 g/mol. The molecule has 1 aliphatic carbocycles. The molecule has 0 bridgehead atoms. The van der Waals surface area contributed by atoms with Gasteiger partial charge < -0.3 is 4.74 Å². The first-order valence-electron chi connectivity index (χ1n) is 4.55. The summed E-state index contributed by atoms with van der Waals surface area (Å²) in [5.41, 5.74) is 0.993. The van der Waals surface area contributed by atoms with Gasteiger partial charge in [-0.05, 0) is 30.4 Å². The van der Waals surface area contributed by atoms with Gasteiger partial charge in [0.2, 0.25) is 5.88 Å². The zero-order valence-electron chi connectivity index (χ0n) is 7.78. The van der Waals surface area contributed by atoms with Crippen LogP contribution in [-0.4, -0.2) is 11.6 Å². The number of hydrogen-bond donors (Lipinski definition) is 0. The van der Waals surface area contributed by atoms with Crippen LogP contribution in [0.5, 0.6) is 5.88 Å². The summed E-state index contributed by atoms with van der Waals surface area (Å²) in [5, 5.41) is 8.74. The van der Waals surface area contributed by atoms with Gasteiger partial charge in [0.25, 0.3) is 0 Å². The van der Waals surface area contributed by atoms with Crippen molar-refractivity contribution in [3.63, 3.8) is 0 Å². The third-order valence-electron chi connectivity index (χ3n) is 2.24. The SMILES string of the molecule is N#Cc1cc(C2CC2)cnc1OC(F)F. The van der Waals surface area contributed by atoms with Crippen LogP contribution in [0.1, 0.15) is 29.9 Å². The number of pyridine rings is 1. The third kappa shape index (κ3) is 2.21. The van der Waals surface area contributed by atoms with Crippen molar-refractivity contribution < 1.29 is 13.5 Å². The van der Waals surface area contributed by atoms with Crippen LogP contribution in [0.2, 0.25) is 0 Å². The molecule has 1 aromatic heterocycles. The van der Waals surface area contributed by atoms with Crippen LogP contribution < -0.4 is 4.74 Å². The maximum absolute atomic E-state index is 11.9. The van der Waals surface area contributed by atoms with Gasteiger partial charge in [-0.3, -0.25) is 0 Å². The average molecular weight is 210 g/mol. The van der Waals surface area contributed by atoms with Gasteiger partial charge in [0, 0.05) is 6.20 Å². The Morgan fingerprint density at radius 2 is 2.27 bits per heavy atom. The van der Waals surface area contributed by atoms with Gasteiger partial charge in [-0.2, -0.15) is 14.0 Å². The molecule has 0 amide bonds. The molecular formula is C10H8F2N2O. The number of rotatable bonds is 3. The van der Waals surface area contributed by atoms with Crippen molar-refractivity contribution in [3.8, 4) is 11.9 Å². The third-order valence-corrected chi connectivity index (χ3v) is 2.24. The van der Waals surface area contributed by atoms with Gasteiger partial charge in [0.05, 0.1) is 0 Å². The number of alkyl halides is 2. The van der Waals surface area contributed by atoms with E-state index in [0.717, 1.165) is 18.4 Å². The molecule has 0 aliphatic heterocycles. The van der Waals surface area contributed by atoms with Crippen LogP contribution in [0, 0.1) is 11.3 Å². The van der Waals surface area contributed by atoms with E-state index < -0.39 is 6.61 Å². The summed E-state index contributed by atoms with van der Waals surface area (Å²) in [7, 11) is 0. The zero-order chi connectivity index (χ0) is 10.8. The summed E-state index contributed by atoms with van der Waals surface area (Å²) >= 11 is 0. The Bertz CT molecular complexity index is 410. The van der Waals surface area contributed by atoms with E-state index in [1.54, 1.807) is 12.1 Å². The predicted octanol–water partition coefficient (Wildman–Crippen LogP) is 2.43. The predicted molar refractivity (Wildman–Crippen MR) is 47.6 cm³/mol. The Balaban J connectivity index is 2.27. The lowest BCUT2D eigenvalue weighted by molar-refractivity contribution is -0.0530. The number of aromatic nitrogens is 1. The molecule has 0 atom stereocenters. The van der Waals surface area contributed by atoms with E-state index in [1.165, 1.54) is 6.20 Å². The zero-order valence-corrected chi connectivity index (χ0v) is 7.78. The second kappa shape index (κ2) is 3.81. The van der Waals surface area contributed by atoms with E-state index in [4.69, 9.17) is 5.26 Å². The Labute approximate surface area is 85.3 Å². The molecule has 1 fully saturated rings. The van der Waals surface area contributed by atoms with Crippen LogP contribution >= 0.6 is 0 Å². The fourth-order valence-corrected chi connectivity index (χ4v) is 1.37. The van der Waals surface area contributed by atoms with Crippen LogP contribution in [0.25, 0.3) is 0 Å². The molecule has 0 radical (unpaired) electrons. The molecule has 2 rings (SSSR count). The van der Waals surface area contributed by atoms with Gasteiger partial charge >= 0.3 is 6.61 Å². The van der Waals surface area contributed by atoms with E-state index in [-0.39, 0.29) is 11.4 Å². The molecule has 0 unspecified atom stereocenters. The highest BCUT2D eigenvalue weighted by Gasteiger charge is 2.25. The first-order chi connectivity index (χ1) is 7.20. The lowest BCUT2D eigenvalue weighted by atomic mass is 10.1. The molecule has 3 nitrogen and oxygen atoms in total. The topological polar surface area (TPSA) is 45.9 Å². The van der Waals surface area contributed by atoms with Crippen molar-refractivity contribution in [2.75, 3.05) is 0 Å². The highest BCUT2D eigenvalue weighted by molar-refractivity contribution is 5.41. The fraction of sp³-hybridized carbons (Fsp3) is 0.400. The van der Waals surface area contributed by atoms with E-state index in [0.29, 0.717) is 5.92 Å². The lowest BCUT2D eigenvalue weighted by Crippen LogP contribution is -2.05. The minimum atomic E-state index is -2.95. The first-order valence-corrected chi connectivity index (χ1v) is 4.55. The second-order valence-electron chi connectivity index (χ2n) is 3.39. The molecule has 5 heteroatoms. The molecule has 1 heterocycles. The molecule has 1 aliphatic rings. The summed E-state index contributed by atoms with van der Waals surface area (Å²) in [4.78, 5) is 3.73. The Morgan fingerprint density at radius 3 is 2.80 bits per heavy atom. The number of halogens is 2. The number of nitrogens with zero attached hydrogens (tertiary/aromatic N) is 2. The normalized spacial score (nSPS) is 15.1. The summed E-state index contributed by atoms with van der Waals surface area (Å²) in [6, 6.07) is 3.37. The average Bonchev–Trinajstić information content (AvgIpc) is 3.01. The highest BCUT2D eigenvalue weighted by Crippen LogP contribution is 2.40. The molecule has 78 valence electrons. The van der Waals surface area contributed by atoms with Crippen molar-refractivity contribution in [2.24, 2.45) is 0 Å². The molecule has 0 saturated heterocycles. The Hall–Kier alpha value is -1.70.